The van der Waals surface area contributed by atoms with Gasteiger partial charge in [-0.3, -0.25) is 29.2 Å². The van der Waals surface area contributed by atoms with Crippen LogP contribution in [0.2, 0.25) is 0 Å². The minimum Gasteiger partial charge on any atom is -0.482 e. The minimum absolute atomic E-state index is 0.0286. The molecule has 3 atom stereocenters. The maximum Gasteiger partial charge on any atom is 0.524 e. The van der Waals surface area contributed by atoms with Gasteiger partial charge in [-0.25, -0.2) is 13.3 Å². The Morgan fingerprint density at radius 3 is 2.72 bits per heavy atom. The quantitative estimate of drug-likeness (QED) is 0.301. The van der Waals surface area contributed by atoms with Gasteiger partial charge in [0.2, 0.25) is 5.43 Å². The molecule has 17 heteroatoms. The van der Waals surface area contributed by atoms with Crippen LogP contribution in [-0.4, -0.2) is 60.0 Å². The van der Waals surface area contributed by atoms with Gasteiger partial charge < -0.3 is 28.9 Å². The van der Waals surface area contributed by atoms with E-state index in [1.54, 1.807) is 4.90 Å². The second kappa shape index (κ2) is 12.2. The standard InChI is InChI=1S/C30H30F2N5O9P/c1-16-10-30(46-35-16)7-5-17(2)36-14-24(30)37-13-21(28(39)34-11-18-3-4-20(31)9-22(18)32)26(38)27(25(37)29(36)40)44-15-19-6-8-33-12-23(19)45-47(41,42)43/h3-4,6,8-9,12-13,17,24H,5,7,10-11,14-15H2,1-2H3,(H,34,39)(H2,41,42,43)/t17-,24?,30-/m0/s1. The van der Waals surface area contributed by atoms with Crippen molar-refractivity contribution in [1.29, 1.82) is 0 Å². The van der Waals surface area contributed by atoms with Gasteiger partial charge in [-0.2, -0.15) is 0 Å². The number of benzene rings is 1. The molecule has 3 N–H and O–H groups in total. The van der Waals surface area contributed by atoms with E-state index in [1.807, 2.05) is 13.8 Å². The normalized spacial score (nSPS) is 21.9. The molecule has 2 bridgehead atoms. The third-order valence-corrected chi connectivity index (χ3v) is 9.02. The molecule has 2 amide bonds. The molecular formula is C30H30F2N5O9P. The lowest BCUT2D eigenvalue weighted by atomic mass is 9.84. The van der Waals surface area contributed by atoms with Crippen molar-refractivity contribution >= 4 is 25.3 Å². The Hall–Kier alpha value is -4.66. The molecule has 0 radical (unpaired) electrons. The summed E-state index contributed by atoms with van der Waals surface area (Å²) in [5.41, 5.74) is -1.67. The van der Waals surface area contributed by atoms with E-state index < -0.39 is 66.3 Å². The van der Waals surface area contributed by atoms with Gasteiger partial charge in [0.25, 0.3) is 11.8 Å². The predicted molar refractivity (Wildman–Crippen MR) is 160 cm³/mol. The van der Waals surface area contributed by atoms with E-state index in [9.17, 15) is 37.5 Å². The third-order valence-electron chi connectivity index (χ3n) is 8.58. The average molecular weight is 674 g/mol. The number of hydrogen-bond acceptors (Lipinski definition) is 9. The third kappa shape index (κ3) is 6.23. The van der Waals surface area contributed by atoms with Crippen LogP contribution in [0.15, 0.2) is 52.8 Å². The predicted octanol–water partition coefficient (Wildman–Crippen LogP) is 3.22. The lowest BCUT2D eigenvalue weighted by Gasteiger charge is -2.42. The molecule has 1 saturated heterocycles. The summed E-state index contributed by atoms with van der Waals surface area (Å²) < 4.78 is 51.5. The number of halogens is 2. The summed E-state index contributed by atoms with van der Waals surface area (Å²) in [6.45, 7) is 2.99. The van der Waals surface area contributed by atoms with Crippen molar-refractivity contribution in [3.05, 3.63) is 87.1 Å². The molecule has 6 rings (SSSR count). The molecule has 5 heterocycles. The summed E-state index contributed by atoms with van der Waals surface area (Å²) in [5, 5.41) is 6.67. The maximum absolute atomic E-state index is 14.3. The number of phosphoric ester groups is 1. The van der Waals surface area contributed by atoms with E-state index in [1.165, 1.54) is 23.0 Å². The first-order valence-corrected chi connectivity index (χ1v) is 16.1. The van der Waals surface area contributed by atoms with Crippen molar-refractivity contribution in [2.45, 2.75) is 63.9 Å². The number of aromatic nitrogens is 2. The fourth-order valence-electron chi connectivity index (χ4n) is 6.23. The number of carbonyl (C=O) groups excluding carboxylic acids is 2. The van der Waals surface area contributed by atoms with Gasteiger partial charge >= 0.3 is 7.82 Å². The molecule has 3 aliphatic heterocycles. The van der Waals surface area contributed by atoms with E-state index in [0.717, 1.165) is 24.0 Å². The smallest absolute Gasteiger partial charge is 0.482 e. The van der Waals surface area contributed by atoms with Crippen LogP contribution < -0.4 is 20.0 Å². The van der Waals surface area contributed by atoms with Gasteiger partial charge in [0.1, 0.15) is 23.8 Å². The number of phosphoric acid groups is 1. The van der Waals surface area contributed by atoms with Crippen molar-refractivity contribution in [3.8, 4) is 11.5 Å². The Kier molecular flexibility index (Phi) is 8.36. The number of rotatable bonds is 8. The Morgan fingerprint density at radius 1 is 1.23 bits per heavy atom. The highest BCUT2D eigenvalue weighted by Gasteiger charge is 2.54. The van der Waals surface area contributed by atoms with E-state index in [2.05, 4.69) is 15.5 Å². The highest BCUT2D eigenvalue weighted by Crippen LogP contribution is 2.46. The van der Waals surface area contributed by atoms with E-state index in [0.29, 0.717) is 25.3 Å². The monoisotopic (exact) mass is 673 g/mol. The first kappa shape index (κ1) is 32.3. The number of hydrogen-bond donors (Lipinski definition) is 3. The number of pyridine rings is 2. The summed E-state index contributed by atoms with van der Waals surface area (Å²) in [6.07, 6.45) is 5.12. The fraction of sp³-hybridized carbons (Fsp3) is 0.367. The minimum atomic E-state index is -5.00. The number of carbonyl (C=O) groups is 2. The second-order valence-corrected chi connectivity index (χ2v) is 12.9. The zero-order valence-corrected chi connectivity index (χ0v) is 26.1. The molecule has 2 aromatic heterocycles. The Balaban J connectivity index is 1.45. The van der Waals surface area contributed by atoms with E-state index in [-0.39, 0.29) is 41.7 Å². The highest BCUT2D eigenvalue weighted by atomic mass is 31.2. The Bertz CT molecular complexity index is 1910. The molecule has 47 heavy (non-hydrogen) atoms. The molecule has 0 saturated carbocycles. The molecule has 14 nitrogen and oxygen atoms in total. The zero-order valence-electron chi connectivity index (χ0n) is 25.2. The highest BCUT2D eigenvalue weighted by molar-refractivity contribution is 7.46. The second-order valence-electron chi connectivity index (χ2n) is 11.7. The molecule has 248 valence electrons. The maximum atomic E-state index is 14.3. The first-order valence-electron chi connectivity index (χ1n) is 14.6. The molecule has 1 spiro atoms. The van der Waals surface area contributed by atoms with Gasteiger partial charge in [-0.1, -0.05) is 11.2 Å². The van der Waals surface area contributed by atoms with Crippen molar-refractivity contribution in [2.75, 3.05) is 6.54 Å². The van der Waals surface area contributed by atoms with Crippen LogP contribution in [0.4, 0.5) is 8.78 Å². The Morgan fingerprint density at radius 2 is 2.02 bits per heavy atom. The SMILES string of the molecule is CC1=NO[C@@]2(CC[C@H](C)N3CC2n2cc(C(=O)NCc4ccc(F)cc4F)c(=O)c(OCc4ccncc4OP(=O)(O)O)c2C3=O)C1. The number of oxime groups is 1. The van der Waals surface area contributed by atoms with Gasteiger partial charge in [0, 0.05) is 55.1 Å². The van der Waals surface area contributed by atoms with Gasteiger partial charge in [0.15, 0.2) is 22.8 Å². The molecule has 3 aromatic rings. The van der Waals surface area contributed by atoms with Crippen LogP contribution in [0.1, 0.15) is 71.1 Å². The molecule has 1 fully saturated rings. The largest absolute Gasteiger partial charge is 0.524 e. The van der Waals surface area contributed by atoms with Crippen molar-refractivity contribution in [3.63, 3.8) is 0 Å². The molecule has 1 unspecified atom stereocenters. The number of amides is 2. The summed E-state index contributed by atoms with van der Waals surface area (Å²) in [7, 11) is -5.00. The van der Waals surface area contributed by atoms with Crippen LogP contribution in [0, 0.1) is 11.6 Å². The molecule has 0 aliphatic carbocycles. The van der Waals surface area contributed by atoms with Crippen molar-refractivity contribution in [2.24, 2.45) is 5.16 Å². The Labute approximate surface area is 266 Å². The number of ether oxygens (including phenoxy) is 1. The van der Waals surface area contributed by atoms with Crippen molar-refractivity contribution < 1.29 is 46.8 Å². The van der Waals surface area contributed by atoms with Gasteiger partial charge in [0.05, 0.1) is 18.0 Å². The zero-order chi connectivity index (χ0) is 33.7. The molecule has 1 aromatic carbocycles. The number of nitrogens with zero attached hydrogens (tertiary/aromatic N) is 4. The molecule has 3 aliphatic rings. The van der Waals surface area contributed by atoms with Crippen LogP contribution in [0.5, 0.6) is 11.5 Å². The topological polar surface area (TPSA) is 182 Å². The average Bonchev–Trinajstić information content (AvgIpc) is 3.34. The number of fused-ring (bicyclic) bond motifs is 5. The van der Waals surface area contributed by atoms with Crippen LogP contribution in [0.25, 0.3) is 0 Å². The molecular weight excluding hydrogens is 643 g/mol. The summed E-state index contributed by atoms with van der Waals surface area (Å²) in [5.74, 6) is -3.96. The summed E-state index contributed by atoms with van der Waals surface area (Å²) >= 11 is 0. The van der Waals surface area contributed by atoms with Crippen LogP contribution >= 0.6 is 7.82 Å². The lowest BCUT2D eigenvalue weighted by Crippen LogP contribution is -2.52. The van der Waals surface area contributed by atoms with Gasteiger partial charge in [-0.05, 0) is 38.8 Å². The van der Waals surface area contributed by atoms with Crippen molar-refractivity contribution in [1.82, 2.24) is 19.8 Å². The van der Waals surface area contributed by atoms with Crippen LogP contribution in [0.3, 0.4) is 0 Å². The van der Waals surface area contributed by atoms with Gasteiger partial charge in [-0.15, -0.1) is 0 Å². The number of nitrogens with one attached hydrogen (secondary N) is 1. The van der Waals surface area contributed by atoms with Crippen LogP contribution in [-0.2, 0) is 22.6 Å². The lowest BCUT2D eigenvalue weighted by molar-refractivity contribution is -0.0656. The fourth-order valence-corrected chi connectivity index (χ4v) is 6.65. The summed E-state index contributed by atoms with van der Waals surface area (Å²) in [6, 6.07) is 3.35. The van der Waals surface area contributed by atoms with E-state index >= 15 is 0 Å². The first-order chi connectivity index (χ1) is 22.3. The van der Waals surface area contributed by atoms with E-state index in [4.69, 9.17) is 14.1 Å². The summed E-state index contributed by atoms with van der Waals surface area (Å²) in [4.78, 5) is 71.8.